The Morgan fingerprint density at radius 2 is 2.12 bits per heavy atom. The summed E-state index contributed by atoms with van der Waals surface area (Å²) < 4.78 is 29.7. The second-order valence-corrected chi connectivity index (χ2v) is 8.47. The van der Waals surface area contributed by atoms with Gasteiger partial charge in [-0.05, 0) is 37.1 Å². The van der Waals surface area contributed by atoms with Gasteiger partial charge in [0.15, 0.2) is 11.3 Å². The van der Waals surface area contributed by atoms with Crippen molar-refractivity contribution in [3.63, 3.8) is 0 Å². The van der Waals surface area contributed by atoms with Crippen LogP contribution >= 0.6 is 19.1 Å². The minimum absolute atomic E-state index is 0.146. The van der Waals surface area contributed by atoms with Crippen molar-refractivity contribution in [3.8, 4) is 5.75 Å². The molecule has 2 aromatic rings. The van der Waals surface area contributed by atoms with E-state index in [1.807, 2.05) is 25.1 Å². The molecule has 1 N–H and O–H groups in total. The highest BCUT2D eigenvalue weighted by Crippen LogP contribution is 2.44. The van der Waals surface area contributed by atoms with Crippen LogP contribution in [0, 0.1) is 6.92 Å². The monoisotopic (exact) mass is 373 g/mol. The van der Waals surface area contributed by atoms with Gasteiger partial charge in [0, 0.05) is 24.0 Å². The lowest BCUT2D eigenvalue weighted by Crippen LogP contribution is -2.17. The quantitative estimate of drug-likeness (QED) is 0.464. The molecule has 0 spiro atoms. The van der Waals surface area contributed by atoms with Gasteiger partial charge in [-0.3, -0.25) is 4.57 Å². The Morgan fingerprint density at radius 3 is 2.79 bits per heavy atom. The van der Waals surface area contributed by atoms with Crippen LogP contribution in [0.3, 0.4) is 0 Å². The highest BCUT2D eigenvalue weighted by atomic mass is 35.5. The van der Waals surface area contributed by atoms with Gasteiger partial charge in [0.25, 0.3) is 7.52 Å². The van der Waals surface area contributed by atoms with Gasteiger partial charge in [-0.1, -0.05) is 13.3 Å². The zero-order valence-corrected chi connectivity index (χ0v) is 16.1. The third-order valence-electron chi connectivity index (χ3n) is 3.67. The third-order valence-corrected chi connectivity index (χ3v) is 6.01. The molecule has 0 radical (unpaired) electrons. The number of aryl methyl sites for hydroxylation is 1. The SMILES string of the molecule is CCCCP(=O)(NCCCl)OCc1cc2cc(C)cc(OC)c2o1. The zero-order valence-electron chi connectivity index (χ0n) is 14.4. The number of hydrogen-bond acceptors (Lipinski definition) is 4. The van der Waals surface area contributed by atoms with Crippen LogP contribution < -0.4 is 9.82 Å². The van der Waals surface area contributed by atoms with Crippen molar-refractivity contribution in [2.75, 3.05) is 25.7 Å². The van der Waals surface area contributed by atoms with Crippen LogP contribution in [-0.2, 0) is 15.7 Å². The van der Waals surface area contributed by atoms with Crippen LogP contribution in [0.5, 0.6) is 5.75 Å². The predicted octanol–water partition coefficient (Wildman–Crippen LogP) is 5.09. The maximum atomic E-state index is 12.8. The van der Waals surface area contributed by atoms with E-state index >= 15 is 0 Å². The van der Waals surface area contributed by atoms with Crippen LogP contribution in [0.2, 0.25) is 0 Å². The maximum Gasteiger partial charge on any atom is 0.270 e. The summed E-state index contributed by atoms with van der Waals surface area (Å²) in [5.74, 6) is 1.70. The van der Waals surface area contributed by atoms with E-state index < -0.39 is 7.52 Å². The van der Waals surface area contributed by atoms with Crippen molar-refractivity contribution < 1.29 is 18.2 Å². The standard InChI is InChI=1S/C17H25ClNO4P/c1-4-5-8-24(20,19-7-6-18)22-12-15-11-14-9-13(2)10-16(21-3)17(14)23-15/h9-11H,4-8,12H2,1-3H3,(H,19,20). The summed E-state index contributed by atoms with van der Waals surface area (Å²) in [6, 6.07) is 5.84. The van der Waals surface area contributed by atoms with Crippen LogP contribution in [0.4, 0.5) is 0 Å². The van der Waals surface area contributed by atoms with Gasteiger partial charge < -0.3 is 13.7 Å². The molecule has 1 unspecified atom stereocenters. The van der Waals surface area contributed by atoms with Crippen molar-refractivity contribution in [1.29, 1.82) is 0 Å². The van der Waals surface area contributed by atoms with E-state index in [0.717, 1.165) is 23.8 Å². The molecular formula is C17H25ClNO4P. The van der Waals surface area contributed by atoms with Gasteiger partial charge >= 0.3 is 0 Å². The second kappa shape index (κ2) is 8.91. The molecule has 2 rings (SSSR count). The first-order valence-corrected chi connectivity index (χ1v) is 10.5. The number of methoxy groups -OCH3 is 1. The van der Waals surface area contributed by atoms with E-state index in [9.17, 15) is 4.57 Å². The van der Waals surface area contributed by atoms with Crippen molar-refractivity contribution in [1.82, 2.24) is 5.09 Å². The van der Waals surface area contributed by atoms with Crippen molar-refractivity contribution in [3.05, 3.63) is 29.5 Å². The molecule has 0 saturated carbocycles. The van der Waals surface area contributed by atoms with Gasteiger partial charge in [0.1, 0.15) is 12.4 Å². The molecule has 134 valence electrons. The zero-order chi connectivity index (χ0) is 17.6. The molecule has 5 nitrogen and oxygen atoms in total. The second-order valence-electron chi connectivity index (χ2n) is 5.72. The first kappa shape index (κ1) is 19.3. The van der Waals surface area contributed by atoms with E-state index in [4.69, 9.17) is 25.3 Å². The Morgan fingerprint density at radius 1 is 1.33 bits per heavy atom. The fourth-order valence-electron chi connectivity index (χ4n) is 2.48. The Bertz CT molecular complexity index is 704. The summed E-state index contributed by atoms with van der Waals surface area (Å²) >= 11 is 5.69. The van der Waals surface area contributed by atoms with E-state index in [2.05, 4.69) is 12.0 Å². The number of benzene rings is 1. The summed E-state index contributed by atoms with van der Waals surface area (Å²) in [5.41, 5.74) is 1.77. The average molecular weight is 374 g/mol. The van der Waals surface area contributed by atoms with Gasteiger partial charge in [-0.15, -0.1) is 11.6 Å². The number of unbranched alkanes of at least 4 members (excludes halogenated alkanes) is 1. The molecule has 1 atom stereocenters. The maximum absolute atomic E-state index is 12.8. The van der Waals surface area contributed by atoms with Crippen LogP contribution in [0.1, 0.15) is 31.1 Å². The van der Waals surface area contributed by atoms with Crippen molar-refractivity contribution >= 4 is 30.1 Å². The summed E-state index contributed by atoms with van der Waals surface area (Å²) in [5, 5.41) is 3.90. The number of halogens is 1. The van der Waals surface area contributed by atoms with Crippen LogP contribution in [0.25, 0.3) is 11.0 Å². The third kappa shape index (κ3) is 5.00. The first-order valence-electron chi connectivity index (χ1n) is 8.13. The molecular weight excluding hydrogens is 349 g/mol. The number of alkyl halides is 1. The normalized spacial score (nSPS) is 14.0. The van der Waals surface area contributed by atoms with E-state index in [1.54, 1.807) is 7.11 Å². The highest BCUT2D eigenvalue weighted by Gasteiger charge is 2.22. The molecule has 1 heterocycles. The van der Waals surface area contributed by atoms with Gasteiger partial charge in [0.2, 0.25) is 0 Å². The lowest BCUT2D eigenvalue weighted by molar-refractivity contribution is 0.266. The number of nitrogens with one attached hydrogen (secondary N) is 1. The molecule has 7 heteroatoms. The number of fused-ring (bicyclic) bond motifs is 1. The first-order chi connectivity index (χ1) is 11.5. The fourth-order valence-corrected chi connectivity index (χ4v) is 4.60. The largest absolute Gasteiger partial charge is 0.493 e. The van der Waals surface area contributed by atoms with Gasteiger partial charge in [-0.2, -0.15) is 0 Å². The molecule has 0 amide bonds. The van der Waals surface area contributed by atoms with Gasteiger partial charge in [0.05, 0.1) is 7.11 Å². The Hall–Kier alpha value is -1.00. The molecule has 0 aliphatic rings. The summed E-state index contributed by atoms with van der Waals surface area (Å²) in [6.45, 7) is 4.66. The lowest BCUT2D eigenvalue weighted by atomic mass is 10.1. The fraction of sp³-hybridized carbons (Fsp3) is 0.529. The van der Waals surface area contributed by atoms with Crippen LogP contribution in [0.15, 0.2) is 22.6 Å². The lowest BCUT2D eigenvalue weighted by Gasteiger charge is -2.18. The van der Waals surface area contributed by atoms with E-state index in [0.29, 0.717) is 35.7 Å². The van der Waals surface area contributed by atoms with Crippen molar-refractivity contribution in [2.45, 2.75) is 33.3 Å². The van der Waals surface area contributed by atoms with E-state index in [1.165, 1.54) is 0 Å². The number of ether oxygens (including phenoxy) is 1. The number of furan rings is 1. The molecule has 0 saturated heterocycles. The van der Waals surface area contributed by atoms with E-state index in [-0.39, 0.29) is 6.61 Å². The Balaban J connectivity index is 2.14. The highest BCUT2D eigenvalue weighted by molar-refractivity contribution is 7.56. The minimum Gasteiger partial charge on any atom is -0.493 e. The molecule has 0 fully saturated rings. The molecule has 0 aliphatic heterocycles. The predicted molar refractivity (Wildman–Crippen MR) is 98.4 cm³/mol. The summed E-state index contributed by atoms with van der Waals surface area (Å²) in [6.07, 6.45) is 2.28. The average Bonchev–Trinajstić information content (AvgIpc) is 2.98. The Kier molecular flexibility index (Phi) is 7.17. The Labute approximate surface area is 148 Å². The smallest absolute Gasteiger partial charge is 0.270 e. The minimum atomic E-state index is -2.92. The number of rotatable bonds is 10. The molecule has 0 aliphatic carbocycles. The molecule has 0 bridgehead atoms. The summed E-state index contributed by atoms with van der Waals surface area (Å²) in [4.78, 5) is 0. The molecule has 1 aromatic heterocycles. The summed E-state index contributed by atoms with van der Waals surface area (Å²) in [7, 11) is -1.30. The van der Waals surface area contributed by atoms with Crippen molar-refractivity contribution in [2.24, 2.45) is 0 Å². The molecule has 24 heavy (non-hydrogen) atoms. The topological polar surface area (TPSA) is 60.7 Å². The molecule has 1 aromatic carbocycles. The number of hydrogen-bond donors (Lipinski definition) is 1. The van der Waals surface area contributed by atoms with Gasteiger partial charge in [-0.25, -0.2) is 5.09 Å². The van der Waals surface area contributed by atoms with Crippen LogP contribution in [-0.4, -0.2) is 25.7 Å².